The van der Waals surface area contributed by atoms with Gasteiger partial charge in [-0.2, -0.15) is 0 Å². The fourth-order valence-electron chi connectivity index (χ4n) is 4.09. The SMILES string of the molecule is O=C(NCCN1CCN(c2ccccc2)CC1)N[C@H]1CC(=O)N(c2ccccc2)C1. The Morgan fingerprint density at radius 1 is 0.900 bits per heavy atom. The van der Waals surface area contributed by atoms with Crippen molar-refractivity contribution in [3.05, 3.63) is 60.7 Å². The highest BCUT2D eigenvalue weighted by molar-refractivity contribution is 5.96. The molecule has 0 bridgehead atoms. The van der Waals surface area contributed by atoms with Crippen LogP contribution in [0.1, 0.15) is 6.42 Å². The van der Waals surface area contributed by atoms with Crippen molar-refractivity contribution in [1.29, 1.82) is 0 Å². The van der Waals surface area contributed by atoms with Crippen molar-refractivity contribution in [2.24, 2.45) is 0 Å². The summed E-state index contributed by atoms with van der Waals surface area (Å²) in [7, 11) is 0. The Kier molecular flexibility index (Phi) is 6.49. The Labute approximate surface area is 177 Å². The topological polar surface area (TPSA) is 67.9 Å². The van der Waals surface area contributed by atoms with Gasteiger partial charge in [0.2, 0.25) is 5.91 Å². The number of nitrogens with zero attached hydrogens (tertiary/aromatic N) is 3. The second-order valence-corrected chi connectivity index (χ2v) is 7.81. The van der Waals surface area contributed by atoms with Crippen molar-refractivity contribution >= 4 is 23.3 Å². The van der Waals surface area contributed by atoms with Gasteiger partial charge in [0, 0.05) is 63.6 Å². The number of piperazine rings is 1. The van der Waals surface area contributed by atoms with Gasteiger partial charge in [-0.05, 0) is 24.3 Å². The molecule has 2 heterocycles. The van der Waals surface area contributed by atoms with E-state index in [0.717, 1.165) is 38.4 Å². The van der Waals surface area contributed by atoms with E-state index in [1.165, 1.54) is 5.69 Å². The minimum atomic E-state index is -0.203. The number of para-hydroxylation sites is 2. The molecule has 0 unspecified atom stereocenters. The fourth-order valence-corrected chi connectivity index (χ4v) is 4.09. The molecular formula is C23H29N5O2. The molecule has 1 atom stereocenters. The van der Waals surface area contributed by atoms with E-state index in [1.54, 1.807) is 4.90 Å². The highest BCUT2D eigenvalue weighted by Gasteiger charge is 2.31. The van der Waals surface area contributed by atoms with Crippen molar-refractivity contribution in [2.75, 3.05) is 55.6 Å². The first-order valence-corrected chi connectivity index (χ1v) is 10.6. The van der Waals surface area contributed by atoms with Crippen LogP contribution in [0.3, 0.4) is 0 Å². The zero-order valence-electron chi connectivity index (χ0n) is 17.2. The summed E-state index contributed by atoms with van der Waals surface area (Å²) in [6, 6.07) is 19.7. The highest BCUT2D eigenvalue weighted by Crippen LogP contribution is 2.21. The first-order chi connectivity index (χ1) is 14.7. The molecule has 30 heavy (non-hydrogen) atoms. The normalized spacial score (nSPS) is 19.7. The maximum absolute atomic E-state index is 12.3. The lowest BCUT2D eigenvalue weighted by Crippen LogP contribution is -2.50. The van der Waals surface area contributed by atoms with Gasteiger partial charge in [0.25, 0.3) is 0 Å². The number of urea groups is 1. The third-order valence-electron chi connectivity index (χ3n) is 5.74. The first kappa shape index (κ1) is 20.2. The molecule has 2 saturated heterocycles. The van der Waals surface area contributed by atoms with E-state index >= 15 is 0 Å². The molecule has 0 saturated carbocycles. The molecule has 0 radical (unpaired) electrons. The maximum atomic E-state index is 12.3. The van der Waals surface area contributed by atoms with Gasteiger partial charge in [0.15, 0.2) is 0 Å². The van der Waals surface area contributed by atoms with E-state index in [1.807, 2.05) is 36.4 Å². The van der Waals surface area contributed by atoms with Gasteiger partial charge in [-0.1, -0.05) is 36.4 Å². The molecule has 7 nitrogen and oxygen atoms in total. The number of amides is 3. The van der Waals surface area contributed by atoms with Gasteiger partial charge < -0.3 is 20.4 Å². The quantitative estimate of drug-likeness (QED) is 0.768. The summed E-state index contributed by atoms with van der Waals surface area (Å²) >= 11 is 0. The summed E-state index contributed by atoms with van der Waals surface area (Å²) in [5.41, 5.74) is 2.15. The van der Waals surface area contributed by atoms with Crippen molar-refractivity contribution in [1.82, 2.24) is 15.5 Å². The first-order valence-electron chi connectivity index (χ1n) is 10.6. The van der Waals surface area contributed by atoms with Crippen LogP contribution in [0.15, 0.2) is 60.7 Å². The molecule has 7 heteroatoms. The zero-order chi connectivity index (χ0) is 20.8. The number of carbonyl (C=O) groups is 2. The van der Waals surface area contributed by atoms with Gasteiger partial charge in [0.1, 0.15) is 0 Å². The number of hydrogen-bond acceptors (Lipinski definition) is 4. The van der Waals surface area contributed by atoms with Crippen LogP contribution in [0, 0.1) is 0 Å². The number of hydrogen-bond donors (Lipinski definition) is 2. The summed E-state index contributed by atoms with van der Waals surface area (Å²) in [6.07, 6.45) is 0.337. The molecule has 4 rings (SSSR count). The Morgan fingerprint density at radius 3 is 2.20 bits per heavy atom. The predicted molar refractivity (Wildman–Crippen MR) is 119 cm³/mol. The average molecular weight is 408 g/mol. The van der Waals surface area contributed by atoms with Crippen molar-refractivity contribution < 1.29 is 9.59 Å². The lowest BCUT2D eigenvalue weighted by molar-refractivity contribution is -0.117. The summed E-state index contributed by atoms with van der Waals surface area (Å²) in [5.74, 6) is 0.0442. The summed E-state index contributed by atoms with van der Waals surface area (Å²) in [6.45, 7) is 5.90. The number of carbonyl (C=O) groups excluding carboxylic acids is 2. The molecule has 0 spiro atoms. The molecule has 2 aromatic rings. The van der Waals surface area contributed by atoms with E-state index in [4.69, 9.17) is 0 Å². The fraction of sp³-hybridized carbons (Fsp3) is 0.391. The maximum Gasteiger partial charge on any atom is 0.315 e. The number of anilines is 2. The van der Waals surface area contributed by atoms with Crippen LogP contribution >= 0.6 is 0 Å². The van der Waals surface area contributed by atoms with E-state index in [0.29, 0.717) is 19.5 Å². The van der Waals surface area contributed by atoms with E-state index in [9.17, 15) is 9.59 Å². The lowest BCUT2D eigenvalue weighted by atomic mass is 10.2. The van der Waals surface area contributed by atoms with Gasteiger partial charge in [-0.25, -0.2) is 4.79 Å². The highest BCUT2D eigenvalue weighted by atomic mass is 16.2. The summed E-state index contributed by atoms with van der Waals surface area (Å²) < 4.78 is 0. The Morgan fingerprint density at radius 2 is 1.53 bits per heavy atom. The smallest absolute Gasteiger partial charge is 0.315 e. The standard InChI is InChI=1S/C23H29N5O2/c29-22-17-19(18-28(22)21-9-5-2-6-10-21)25-23(30)24-11-12-26-13-15-27(16-14-26)20-7-3-1-4-8-20/h1-10,19H,11-18H2,(H2,24,25,30)/t19-/m0/s1. The van der Waals surface area contributed by atoms with Crippen molar-refractivity contribution in [3.8, 4) is 0 Å². The van der Waals surface area contributed by atoms with Gasteiger partial charge in [0.05, 0.1) is 6.04 Å². The van der Waals surface area contributed by atoms with Crippen LogP contribution in [0.5, 0.6) is 0 Å². The van der Waals surface area contributed by atoms with Crippen LogP contribution in [-0.4, -0.2) is 68.7 Å². The second kappa shape index (κ2) is 9.63. The molecule has 2 aromatic carbocycles. The molecule has 2 aliphatic rings. The zero-order valence-corrected chi connectivity index (χ0v) is 17.2. The molecule has 2 fully saturated rings. The summed E-state index contributed by atoms with van der Waals surface area (Å²) in [5, 5.41) is 5.87. The number of rotatable bonds is 6. The van der Waals surface area contributed by atoms with Crippen molar-refractivity contribution in [2.45, 2.75) is 12.5 Å². The van der Waals surface area contributed by atoms with Crippen LogP contribution in [0.25, 0.3) is 0 Å². The number of benzene rings is 2. The number of nitrogens with one attached hydrogen (secondary N) is 2. The van der Waals surface area contributed by atoms with Crippen LogP contribution in [0.4, 0.5) is 16.2 Å². The third kappa shape index (κ3) is 5.10. The monoisotopic (exact) mass is 407 g/mol. The molecule has 158 valence electrons. The molecule has 0 aliphatic carbocycles. The van der Waals surface area contributed by atoms with Gasteiger partial charge >= 0.3 is 6.03 Å². The largest absolute Gasteiger partial charge is 0.369 e. The molecule has 3 amide bonds. The van der Waals surface area contributed by atoms with Crippen LogP contribution < -0.4 is 20.4 Å². The molecule has 2 aliphatic heterocycles. The van der Waals surface area contributed by atoms with Gasteiger partial charge in [-0.15, -0.1) is 0 Å². The average Bonchev–Trinajstić information content (AvgIpc) is 3.15. The summed E-state index contributed by atoms with van der Waals surface area (Å²) in [4.78, 5) is 31.0. The minimum Gasteiger partial charge on any atom is -0.369 e. The Balaban J connectivity index is 1.14. The minimum absolute atomic E-state index is 0.0442. The predicted octanol–water partition coefficient (Wildman–Crippen LogP) is 1.91. The molecule has 2 N–H and O–H groups in total. The van der Waals surface area contributed by atoms with E-state index in [-0.39, 0.29) is 18.0 Å². The third-order valence-corrected chi connectivity index (χ3v) is 5.74. The lowest BCUT2D eigenvalue weighted by Gasteiger charge is -2.36. The van der Waals surface area contributed by atoms with Crippen molar-refractivity contribution in [3.63, 3.8) is 0 Å². The Bertz CT molecular complexity index is 837. The van der Waals surface area contributed by atoms with Crippen LogP contribution in [0.2, 0.25) is 0 Å². The van der Waals surface area contributed by atoms with Gasteiger partial charge in [-0.3, -0.25) is 9.69 Å². The van der Waals surface area contributed by atoms with E-state index in [2.05, 4.69) is 44.7 Å². The van der Waals surface area contributed by atoms with Crippen LogP contribution in [-0.2, 0) is 4.79 Å². The Hall–Kier alpha value is -3.06. The molecular weight excluding hydrogens is 378 g/mol. The van der Waals surface area contributed by atoms with E-state index < -0.39 is 0 Å². The second-order valence-electron chi connectivity index (χ2n) is 7.81. The molecule has 0 aromatic heterocycles.